The lowest BCUT2D eigenvalue weighted by molar-refractivity contribution is 0.949. The van der Waals surface area contributed by atoms with Crippen molar-refractivity contribution in [2.45, 2.75) is 33.2 Å². The molecule has 1 saturated heterocycles. The third kappa shape index (κ3) is 3.05. The van der Waals surface area contributed by atoms with Gasteiger partial charge in [0.25, 0.3) is 0 Å². The Morgan fingerprint density at radius 3 is 2.52 bits per heavy atom. The van der Waals surface area contributed by atoms with E-state index in [1.165, 1.54) is 54.0 Å². The highest BCUT2D eigenvalue weighted by molar-refractivity contribution is 5.58. The van der Waals surface area contributed by atoms with E-state index >= 15 is 0 Å². The van der Waals surface area contributed by atoms with Crippen LogP contribution in [0.1, 0.15) is 29.5 Å². The Labute approximate surface area is 127 Å². The Morgan fingerprint density at radius 2 is 1.71 bits per heavy atom. The number of rotatable bonds is 4. The van der Waals surface area contributed by atoms with Gasteiger partial charge in [-0.25, -0.2) is 0 Å². The Hall–Kier alpha value is -1.96. The standard InChI is InChI=1S/C19H24N2/c1-15-8-7-10-18(16(15)2)20-14-17-9-3-4-11-19(17)21-12-5-6-13-21/h3-4,7-11,20H,5-6,12-14H2,1-2H3. The van der Waals surface area contributed by atoms with Crippen LogP contribution in [0, 0.1) is 13.8 Å². The lowest BCUT2D eigenvalue weighted by Gasteiger charge is -2.22. The van der Waals surface area contributed by atoms with Crippen molar-refractivity contribution < 1.29 is 0 Å². The van der Waals surface area contributed by atoms with Crippen molar-refractivity contribution >= 4 is 11.4 Å². The van der Waals surface area contributed by atoms with Gasteiger partial charge in [0.15, 0.2) is 0 Å². The summed E-state index contributed by atoms with van der Waals surface area (Å²) in [5, 5.41) is 3.61. The molecule has 3 rings (SSSR count). The summed E-state index contributed by atoms with van der Waals surface area (Å²) in [6.45, 7) is 7.63. The Kier molecular flexibility index (Phi) is 4.14. The summed E-state index contributed by atoms with van der Waals surface area (Å²) in [5.74, 6) is 0. The predicted octanol–water partition coefficient (Wildman–Crippen LogP) is 4.52. The van der Waals surface area contributed by atoms with Crippen molar-refractivity contribution in [1.82, 2.24) is 0 Å². The zero-order valence-corrected chi connectivity index (χ0v) is 13.0. The third-order valence-corrected chi connectivity index (χ3v) is 4.51. The normalized spacial score (nSPS) is 14.5. The molecule has 2 nitrogen and oxygen atoms in total. The molecular formula is C19H24N2. The average Bonchev–Trinajstić information content (AvgIpc) is 3.03. The average molecular weight is 280 g/mol. The van der Waals surface area contributed by atoms with Crippen molar-refractivity contribution in [3.63, 3.8) is 0 Å². The second-order valence-electron chi connectivity index (χ2n) is 5.92. The van der Waals surface area contributed by atoms with Gasteiger partial charge in [-0.2, -0.15) is 0 Å². The van der Waals surface area contributed by atoms with Gasteiger partial charge in [-0.1, -0.05) is 30.3 Å². The van der Waals surface area contributed by atoms with Gasteiger partial charge in [-0.05, 0) is 55.5 Å². The van der Waals surface area contributed by atoms with Crippen LogP contribution in [0.3, 0.4) is 0 Å². The Balaban J connectivity index is 1.77. The molecule has 0 saturated carbocycles. The van der Waals surface area contributed by atoms with E-state index in [0.717, 1.165) is 6.54 Å². The van der Waals surface area contributed by atoms with Crippen LogP contribution in [0.4, 0.5) is 11.4 Å². The number of anilines is 2. The van der Waals surface area contributed by atoms with Crippen LogP contribution in [0.25, 0.3) is 0 Å². The van der Waals surface area contributed by atoms with Crippen molar-refractivity contribution in [2.75, 3.05) is 23.3 Å². The van der Waals surface area contributed by atoms with Crippen LogP contribution in [-0.4, -0.2) is 13.1 Å². The number of hydrogen-bond acceptors (Lipinski definition) is 2. The van der Waals surface area contributed by atoms with Crippen LogP contribution >= 0.6 is 0 Å². The highest BCUT2D eigenvalue weighted by Gasteiger charge is 2.15. The Morgan fingerprint density at radius 1 is 0.952 bits per heavy atom. The SMILES string of the molecule is Cc1cccc(NCc2ccccc2N2CCCC2)c1C. The number of nitrogens with one attached hydrogen (secondary N) is 1. The Bertz CT molecular complexity index is 613. The van der Waals surface area contributed by atoms with Crippen molar-refractivity contribution in [3.8, 4) is 0 Å². The second kappa shape index (κ2) is 6.21. The smallest absolute Gasteiger partial charge is 0.0421 e. The first kappa shape index (κ1) is 14.0. The van der Waals surface area contributed by atoms with Crippen molar-refractivity contribution in [1.29, 1.82) is 0 Å². The first-order chi connectivity index (χ1) is 10.3. The maximum absolute atomic E-state index is 3.61. The second-order valence-corrected chi connectivity index (χ2v) is 5.92. The molecular weight excluding hydrogens is 256 g/mol. The molecule has 0 atom stereocenters. The van der Waals surface area contributed by atoms with E-state index in [-0.39, 0.29) is 0 Å². The molecule has 0 unspecified atom stereocenters. The van der Waals surface area contributed by atoms with Gasteiger partial charge < -0.3 is 10.2 Å². The van der Waals surface area contributed by atoms with Gasteiger partial charge >= 0.3 is 0 Å². The minimum absolute atomic E-state index is 0.886. The van der Waals surface area contributed by atoms with E-state index < -0.39 is 0 Å². The zero-order chi connectivity index (χ0) is 14.7. The number of aryl methyl sites for hydroxylation is 1. The lowest BCUT2D eigenvalue weighted by atomic mass is 10.1. The van der Waals surface area contributed by atoms with Gasteiger partial charge in [0.1, 0.15) is 0 Å². The fraction of sp³-hybridized carbons (Fsp3) is 0.368. The lowest BCUT2D eigenvalue weighted by Crippen LogP contribution is -2.20. The molecule has 0 spiro atoms. The maximum Gasteiger partial charge on any atom is 0.0421 e. The van der Waals surface area contributed by atoms with E-state index in [1.54, 1.807) is 0 Å². The van der Waals surface area contributed by atoms with E-state index in [9.17, 15) is 0 Å². The molecule has 0 aromatic heterocycles. The number of para-hydroxylation sites is 1. The molecule has 21 heavy (non-hydrogen) atoms. The number of hydrogen-bond donors (Lipinski definition) is 1. The zero-order valence-electron chi connectivity index (χ0n) is 13.0. The summed E-state index contributed by atoms with van der Waals surface area (Å²) >= 11 is 0. The maximum atomic E-state index is 3.61. The molecule has 110 valence electrons. The summed E-state index contributed by atoms with van der Waals surface area (Å²) in [4.78, 5) is 2.51. The van der Waals surface area contributed by atoms with E-state index in [1.807, 2.05) is 0 Å². The first-order valence-corrected chi connectivity index (χ1v) is 7.88. The van der Waals surface area contributed by atoms with E-state index in [4.69, 9.17) is 0 Å². The van der Waals surface area contributed by atoms with Gasteiger partial charge in [0.05, 0.1) is 0 Å². The van der Waals surface area contributed by atoms with Gasteiger partial charge in [-0.15, -0.1) is 0 Å². The molecule has 2 aromatic rings. The van der Waals surface area contributed by atoms with Crippen LogP contribution in [-0.2, 0) is 6.54 Å². The summed E-state index contributed by atoms with van der Waals surface area (Å²) in [6.07, 6.45) is 2.64. The molecule has 0 bridgehead atoms. The topological polar surface area (TPSA) is 15.3 Å². The molecule has 1 aliphatic heterocycles. The van der Waals surface area contributed by atoms with Crippen LogP contribution < -0.4 is 10.2 Å². The molecule has 0 amide bonds. The van der Waals surface area contributed by atoms with E-state index in [0.29, 0.717) is 0 Å². The molecule has 1 fully saturated rings. The predicted molar refractivity (Wildman–Crippen MR) is 91.1 cm³/mol. The molecule has 1 heterocycles. The first-order valence-electron chi connectivity index (χ1n) is 7.88. The monoisotopic (exact) mass is 280 g/mol. The van der Waals surface area contributed by atoms with Crippen molar-refractivity contribution in [2.24, 2.45) is 0 Å². The van der Waals surface area contributed by atoms with Crippen LogP contribution in [0.15, 0.2) is 42.5 Å². The summed E-state index contributed by atoms with van der Waals surface area (Å²) in [6, 6.07) is 15.2. The summed E-state index contributed by atoms with van der Waals surface area (Å²) in [7, 11) is 0. The minimum atomic E-state index is 0.886. The summed E-state index contributed by atoms with van der Waals surface area (Å²) in [5.41, 5.74) is 6.71. The summed E-state index contributed by atoms with van der Waals surface area (Å²) < 4.78 is 0. The van der Waals surface area contributed by atoms with Gasteiger partial charge in [0, 0.05) is 31.0 Å². The van der Waals surface area contributed by atoms with Crippen LogP contribution in [0.5, 0.6) is 0 Å². The fourth-order valence-electron chi connectivity index (χ4n) is 3.06. The van der Waals surface area contributed by atoms with Gasteiger partial charge in [-0.3, -0.25) is 0 Å². The molecule has 1 aliphatic rings. The highest BCUT2D eigenvalue weighted by Crippen LogP contribution is 2.26. The minimum Gasteiger partial charge on any atom is -0.381 e. The molecule has 1 N–H and O–H groups in total. The number of nitrogens with zero attached hydrogens (tertiary/aromatic N) is 1. The third-order valence-electron chi connectivity index (χ3n) is 4.51. The largest absolute Gasteiger partial charge is 0.381 e. The van der Waals surface area contributed by atoms with Crippen molar-refractivity contribution in [3.05, 3.63) is 59.2 Å². The molecule has 2 aromatic carbocycles. The number of benzene rings is 2. The molecule has 2 heteroatoms. The quantitative estimate of drug-likeness (QED) is 0.886. The van der Waals surface area contributed by atoms with E-state index in [2.05, 4.69) is 66.5 Å². The van der Waals surface area contributed by atoms with Crippen LogP contribution in [0.2, 0.25) is 0 Å². The fourth-order valence-corrected chi connectivity index (χ4v) is 3.06. The molecule has 0 aliphatic carbocycles. The van der Waals surface area contributed by atoms with Gasteiger partial charge in [0.2, 0.25) is 0 Å². The molecule has 0 radical (unpaired) electrons. The highest BCUT2D eigenvalue weighted by atomic mass is 15.1.